The largest absolute Gasteiger partial charge is 0.508 e. The third-order valence-electron chi connectivity index (χ3n) is 9.72. The van der Waals surface area contributed by atoms with E-state index in [1.807, 2.05) is 22.6 Å². The number of hydrogen-bond donors (Lipinski definition) is 1. The maximum Gasteiger partial charge on any atom is 0.347 e. The fourth-order valence-electron chi connectivity index (χ4n) is 7.34. The lowest BCUT2D eigenvalue weighted by molar-refractivity contribution is -0.115. The molecule has 2 unspecified atom stereocenters. The van der Waals surface area contributed by atoms with Gasteiger partial charge in [0.15, 0.2) is 23.1 Å². The number of ketones is 2. The van der Waals surface area contributed by atoms with Gasteiger partial charge in [0, 0.05) is 79.4 Å². The van der Waals surface area contributed by atoms with Crippen molar-refractivity contribution in [2.45, 2.75) is 37.9 Å². The van der Waals surface area contributed by atoms with E-state index in [1.165, 1.54) is 60.6 Å². The second-order valence-electron chi connectivity index (χ2n) is 12.2. The number of Topliss-reactive ketones (excluding diaryl/α,β-unsaturated/α-hetero) is 1. The number of carbonyl (C=O) groups excluding carboxylic acids is 2. The first kappa shape index (κ1) is 34.1. The average Bonchev–Trinajstić information content (AvgIpc) is 3.37. The number of methoxy groups -OCH3 is 4. The summed E-state index contributed by atoms with van der Waals surface area (Å²) >= 11 is 1.84. The Balaban J connectivity index is 1.33. The van der Waals surface area contributed by atoms with Crippen LogP contribution in [0.5, 0.6) is 28.7 Å². The minimum atomic E-state index is -0.904. The number of nitrogens with zero attached hydrogens (tertiary/aromatic N) is 5. The van der Waals surface area contributed by atoms with Crippen LogP contribution in [-0.4, -0.2) is 68.6 Å². The molecular formula is C35H32IN5O10. The number of aromatic nitrogens is 5. The highest BCUT2D eigenvalue weighted by molar-refractivity contribution is 14.1. The number of benzene rings is 2. The Hall–Kier alpha value is -5.39. The molecule has 0 saturated heterocycles. The number of halogens is 1. The van der Waals surface area contributed by atoms with Crippen molar-refractivity contribution in [3.63, 3.8) is 0 Å². The lowest BCUT2D eigenvalue weighted by Crippen LogP contribution is -2.40. The van der Waals surface area contributed by atoms with Gasteiger partial charge in [-0.1, -0.05) is 6.08 Å². The molecule has 1 aliphatic heterocycles. The topological polar surface area (TPSA) is 175 Å². The molecule has 0 fully saturated rings. The molecule has 264 valence electrons. The predicted molar refractivity (Wildman–Crippen MR) is 192 cm³/mol. The van der Waals surface area contributed by atoms with Gasteiger partial charge in [-0.05, 0) is 28.2 Å². The molecule has 0 spiro atoms. The van der Waals surface area contributed by atoms with Crippen LogP contribution in [0.15, 0.2) is 71.1 Å². The third-order valence-corrected chi connectivity index (χ3v) is 10.5. The summed E-state index contributed by atoms with van der Waals surface area (Å²) in [5.41, 5.74) is 0.900. The van der Waals surface area contributed by atoms with Crippen LogP contribution in [0.2, 0.25) is 0 Å². The standard InChI is InChI=1S/C35H32IN5O10/c1-38-23-15-26(49-3)25(48-2)14-21(23)37-20(33(38)45)7-8-39-34(46)40-9-6-17-22(41(40)35(39)47)12-18-24(43)13-19(36)32(44)30(18)29(17)31-27(50-4)10-16(42)11-28(31)51-5/h6,10-11,13-15,22,29,42H,7-9,12H2,1-5H3. The maximum atomic E-state index is 14.2. The van der Waals surface area contributed by atoms with Crippen molar-refractivity contribution in [3.05, 3.63) is 99.3 Å². The Morgan fingerprint density at radius 3 is 2.20 bits per heavy atom. The molecule has 2 atom stereocenters. The molecule has 4 aromatic rings. The number of aromatic hydroxyl groups is 1. The Labute approximate surface area is 302 Å². The molecule has 0 amide bonds. The molecular weight excluding hydrogens is 777 g/mol. The summed E-state index contributed by atoms with van der Waals surface area (Å²) in [6.07, 6.45) is 3.00. The fourth-order valence-corrected chi connectivity index (χ4v) is 7.91. The predicted octanol–water partition coefficient (Wildman–Crippen LogP) is 2.48. The summed E-state index contributed by atoms with van der Waals surface area (Å²) in [7, 11) is 7.40. The molecule has 3 aliphatic rings. The zero-order valence-electron chi connectivity index (χ0n) is 28.2. The number of phenols is 1. The van der Waals surface area contributed by atoms with Crippen molar-refractivity contribution in [2.75, 3.05) is 28.4 Å². The van der Waals surface area contributed by atoms with E-state index in [4.69, 9.17) is 18.9 Å². The molecule has 2 aromatic carbocycles. The number of hydrogen-bond acceptors (Lipinski definition) is 11. The van der Waals surface area contributed by atoms with Crippen molar-refractivity contribution in [3.8, 4) is 28.7 Å². The quantitative estimate of drug-likeness (QED) is 0.157. The minimum Gasteiger partial charge on any atom is -0.508 e. The summed E-state index contributed by atoms with van der Waals surface area (Å²) in [6, 6.07) is 5.24. The molecule has 2 aromatic heterocycles. The number of carbonyl (C=O) groups is 2. The van der Waals surface area contributed by atoms with Crippen LogP contribution in [0.3, 0.4) is 0 Å². The molecule has 0 saturated carbocycles. The molecule has 1 N–H and O–H groups in total. The van der Waals surface area contributed by atoms with Crippen LogP contribution in [-0.2, 0) is 36.1 Å². The Morgan fingerprint density at radius 2 is 1.55 bits per heavy atom. The average molecular weight is 810 g/mol. The summed E-state index contributed by atoms with van der Waals surface area (Å²) in [5.74, 6) is -0.486. The molecule has 2 aliphatic carbocycles. The van der Waals surface area contributed by atoms with Gasteiger partial charge in [-0.2, -0.15) is 0 Å². The van der Waals surface area contributed by atoms with E-state index in [9.17, 15) is 29.1 Å². The maximum absolute atomic E-state index is 14.2. The molecule has 0 radical (unpaired) electrons. The van der Waals surface area contributed by atoms with Gasteiger partial charge in [-0.3, -0.25) is 14.4 Å². The lowest BCUT2D eigenvalue weighted by Gasteiger charge is -2.40. The highest BCUT2D eigenvalue weighted by atomic mass is 127. The first-order valence-corrected chi connectivity index (χ1v) is 16.9. The normalized spacial score (nSPS) is 18.2. The van der Waals surface area contributed by atoms with Crippen molar-refractivity contribution in [2.24, 2.45) is 7.05 Å². The number of rotatable bonds is 8. The van der Waals surface area contributed by atoms with E-state index < -0.39 is 28.9 Å². The van der Waals surface area contributed by atoms with Gasteiger partial charge in [0.1, 0.15) is 22.9 Å². The van der Waals surface area contributed by atoms with Gasteiger partial charge in [0.2, 0.25) is 0 Å². The monoisotopic (exact) mass is 809 g/mol. The van der Waals surface area contributed by atoms with Gasteiger partial charge in [-0.25, -0.2) is 28.5 Å². The van der Waals surface area contributed by atoms with Gasteiger partial charge in [0.25, 0.3) is 5.56 Å². The summed E-state index contributed by atoms with van der Waals surface area (Å²) < 4.78 is 27.4. The molecule has 15 nitrogen and oxygen atoms in total. The molecule has 51 heavy (non-hydrogen) atoms. The number of allylic oxidation sites excluding steroid dienone is 6. The van der Waals surface area contributed by atoms with E-state index in [2.05, 4.69) is 4.98 Å². The van der Waals surface area contributed by atoms with E-state index in [0.29, 0.717) is 33.7 Å². The van der Waals surface area contributed by atoms with Crippen LogP contribution in [0.25, 0.3) is 11.0 Å². The van der Waals surface area contributed by atoms with Gasteiger partial charge in [0.05, 0.1) is 55.6 Å². The van der Waals surface area contributed by atoms with Crippen LogP contribution in [0.4, 0.5) is 0 Å². The van der Waals surface area contributed by atoms with Crippen molar-refractivity contribution >= 4 is 45.2 Å². The SMILES string of the molecule is COc1cc2nc(CCn3c(=O)n4n(c3=O)C3CC5=C(C(=O)C(I)=CC5=O)C(c5c(OC)cc(O)cc5OC)C3=CC4)c(=O)n(C)c2cc1OC. The van der Waals surface area contributed by atoms with Gasteiger partial charge >= 0.3 is 11.4 Å². The Kier molecular flexibility index (Phi) is 8.51. The highest BCUT2D eigenvalue weighted by Gasteiger charge is 2.47. The Morgan fingerprint density at radius 1 is 0.902 bits per heavy atom. The second-order valence-corrected chi connectivity index (χ2v) is 13.4. The Bertz CT molecular complexity index is 2460. The zero-order valence-corrected chi connectivity index (χ0v) is 30.3. The smallest absolute Gasteiger partial charge is 0.347 e. The zero-order chi connectivity index (χ0) is 36.5. The first-order chi connectivity index (χ1) is 24.4. The second kappa shape index (κ2) is 12.7. The van der Waals surface area contributed by atoms with Crippen LogP contribution in [0.1, 0.15) is 29.6 Å². The lowest BCUT2D eigenvalue weighted by atomic mass is 9.68. The molecule has 3 heterocycles. The fraction of sp³-hybridized carbons (Fsp3) is 0.314. The van der Waals surface area contributed by atoms with E-state index in [1.54, 1.807) is 25.3 Å². The van der Waals surface area contributed by atoms with Crippen LogP contribution in [0, 0.1) is 0 Å². The van der Waals surface area contributed by atoms with Gasteiger partial charge in [-0.15, -0.1) is 0 Å². The number of ether oxygens (including phenoxy) is 4. The van der Waals surface area contributed by atoms with Crippen molar-refractivity contribution in [1.82, 2.24) is 23.5 Å². The van der Waals surface area contributed by atoms with E-state index in [0.717, 1.165) is 4.57 Å². The van der Waals surface area contributed by atoms with Crippen LogP contribution >= 0.6 is 22.6 Å². The van der Waals surface area contributed by atoms with Gasteiger partial charge < -0.3 is 28.6 Å². The molecule has 7 rings (SSSR count). The van der Waals surface area contributed by atoms with E-state index in [-0.39, 0.29) is 75.2 Å². The molecule has 16 heteroatoms. The van der Waals surface area contributed by atoms with E-state index >= 15 is 0 Å². The summed E-state index contributed by atoms with van der Waals surface area (Å²) in [4.78, 5) is 73.3. The third kappa shape index (κ3) is 5.22. The minimum absolute atomic E-state index is 0.0125. The summed E-state index contributed by atoms with van der Waals surface area (Å²) in [6.45, 7) is -0.162. The number of phenolic OH excluding ortho intramolecular Hbond substituents is 1. The molecule has 0 bridgehead atoms. The van der Waals surface area contributed by atoms with Crippen molar-refractivity contribution in [1.29, 1.82) is 0 Å². The first-order valence-electron chi connectivity index (χ1n) is 15.8. The van der Waals surface area contributed by atoms with Crippen molar-refractivity contribution < 1.29 is 33.6 Å². The number of fused-ring (bicyclic) bond motifs is 4. The number of aryl methyl sites for hydroxylation is 2. The summed E-state index contributed by atoms with van der Waals surface area (Å²) in [5, 5.41) is 10.4. The van der Waals surface area contributed by atoms with Crippen LogP contribution < -0.4 is 35.9 Å². The highest BCUT2D eigenvalue weighted by Crippen LogP contribution is 2.54.